The Balaban J connectivity index is 2.44. The van der Waals surface area contributed by atoms with Crippen molar-refractivity contribution in [1.82, 2.24) is 9.78 Å². The average Bonchev–Trinajstić information content (AvgIpc) is 2.61. The van der Waals surface area contributed by atoms with Gasteiger partial charge in [-0.1, -0.05) is 6.92 Å². The summed E-state index contributed by atoms with van der Waals surface area (Å²) in [4.78, 5) is 0. The molecular formula is C12H13FN2. The molecule has 0 unspecified atom stereocenters. The first-order valence-corrected chi connectivity index (χ1v) is 4.99. The van der Waals surface area contributed by atoms with Crippen LogP contribution in [0.25, 0.3) is 11.3 Å². The summed E-state index contributed by atoms with van der Waals surface area (Å²) in [5.41, 5.74) is 3.06. The molecule has 0 saturated carbocycles. The molecule has 0 fully saturated rings. The van der Waals surface area contributed by atoms with Crippen LogP contribution in [0.1, 0.15) is 12.6 Å². The fraction of sp³-hybridized carbons (Fsp3) is 0.250. The number of benzene rings is 1. The van der Waals surface area contributed by atoms with Crippen molar-refractivity contribution in [2.45, 2.75) is 13.3 Å². The van der Waals surface area contributed by atoms with Gasteiger partial charge in [-0.2, -0.15) is 5.10 Å². The van der Waals surface area contributed by atoms with Gasteiger partial charge in [0.25, 0.3) is 0 Å². The highest BCUT2D eigenvalue weighted by molar-refractivity contribution is 5.59. The highest BCUT2D eigenvalue weighted by atomic mass is 19.1. The van der Waals surface area contributed by atoms with E-state index in [1.54, 1.807) is 12.1 Å². The van der Waals surface area contributed by atoms with Gasteiger partial charge >= 0.3 is 0 Å². The summed E-state index contributed by atoms with van der Waals surface area (Å²) >= 11 is 0. The molecule has 0 bridgehead atoms. The first kappa shape index (κ1) is 9.90. The maximum Gasteiger partial charge on any atom is 0.123 e. The minimum absolute atomic E-state index is 0.211. The van der Waals surface area contributed by atoms with Gasteiger partial charge in [-0.25, -0.2) is 4.39 Å². The Bertz CT molecular complexity index is 457. The predicted molar refractivity (Wildman–Crippen MR) is 58.0 cm³/mol. The number of hydrogen-bond acceptors (Lipinski definition) is 1. The molecule has 0 atom stereocenters. The number of aryl methyl sites for hydroxylation is 2. The third-order valence-corrected chi connectivity index (χ3v) is 2.43. The van der Waals surface area contributed by atoms with Crippen LogP contribution in [0.15, 0.2) is 30.3 Å². The van der Waals surface area contributed by atoms with Gasteiger partial charge in [0.2, 0.25) is 0 Å². The topological polar surface area (TPSA) is 17.8 Å². The van der Waals surface area contributed by atoms with Crippen molar-refractivity contribution >= 4 is 0 Å². The van der Waals surface area contributed by atoms with E-state index >= 15 is 0 Å². The summed E-state index contributed by atoms with van der Waals surface area (Å²) in [6, 6.07) is 8.51. The monoisotopic (exact) mass is 204 g/mol. The minimum Gasteiger partial charge on any atom is -0.268 e. The van der Waals surface area contributed by atoms with Crippen molar-refractivity contribution < 1.29 is 4.39 Å². The molecule has 3 heteroatoms. The van der Waals surface area contributed by atoms with E-state index in [2.05, 4.69) is 12.0 Å². The summed E-state index contributed by atoms with van der Waals surface area (Å²) in [7, 11) is 1.90. The Labute approximate surface area is 88.4 Å². The largest absolute Gasteiger partial charge is 0.268 e. The van der Waals surface area contributed by atoms with E-state index in [1.807, 2.05) is 17.8 Å². The first-order chi connectivity index (χ1) is 7.20. The van der Waals surface area contributed by atoms with E-state index < -0.39 is 0 Å². The van der Waals surface area contributed by atoms with Crippen molar-refractivity contribution in [3.63, 3.8) is 0 Å². The van der Waals surface area contributed by atoms with E-state index in [1.165, 1.54) is 12.1 Å². The smallest absolute Gasteiger partial charge is 0.123 e. The van der Waals surface area contributed by atoms with Crippen LogP contribution in [0, 0.1) is 5.82 Å². The molecule has 0 amide bonds. The van der Waals surface area contributed by atoms with Crippen LogP contribution < -0.4 is 0 Å². The fourth-order valence-electron chi connectivity index (χ4n) is 1.59. The second-order valence-corrected chi connectivity index (χ2v) is 3.50. The van der Waals surface area contributed by atoms with Crippen LogP contribution in [0.2, 0.25) is 0 Å². The molecule has 1 heterocycles. The molecule has 0 N–H and O–H groups in total. The van der Waals surface area contributed by atoms with Crippen LogP contribution in [0.5, 0.6) is 0 Å². The molecule has 1 aromatic heterocycles. The Hall–Kier alpha value is -1.64. The van der Waals surface area contributed by atoms with Gasteiger partial charge < -0.3 is 0 Å². The minimum atomic E-state index is -0.211. The van der Waals surface area contributed by atoms with Gasteiger partial charge in [0.05, 0.1) is 11.4 Å². The Morgan fingerprint density at radius 1 is 1.27 bits per heavy atom. The maximum absolute atomic E-state index is 12.8. The van der Waals surface area contributed by atoms with Crippen LogP contribution in [0.3, 0.4) is 0 Å². The van der Waals surface area contributed by atoms with Gasteiger partial charge in [-0.05, 0) is 42.3 Å². The van der Waals surface area contributed by atoms with Crippen LogP contribution in [-0.4, -0.2) is 9.78 Å². The standard InChI is InChI=1S/C12H13FN2/c1-3-11-8-12(15(2)14-11)9-4-6-10(13)7-5-9/h4-8H,3H2,1-2H3. The number of halogens is 1. The van der Waals surface area contributed by atoms with Gasteiger partial charge in [-0.3, -0.25) is 4.68 Å². The molecule has 0 aliphatic carbocycles. The SMILES string of the molecule is CCc1cc(-c2ccc(F)cc2)n(C)n1. The van der Waals surface area contributed by atoms with Crippen molar-refractivity contribution in [3.8, 4) is 11.3 Å². The van der Waals surface area contributed by atoms with Crippen LogP contribution in [-0.2, 0) is 13.5 Å². The van der Waals surface area contributed by atoms with Gasteiger partial charge in [0.15, 0.2) is 0 Å². The van der Waals surface area contributed by atoms with Crippen LogP contribution in [0.4, 0.5) is 4.39 Å². The van der Waals surface area contributed by atoms with E-state index in [0.29, 0.717) is 0 Å². The van der Waals surface area contributed by atoms with E-state index in [4.69, 9.17) is 0 Å². The molecule has 0 saturated heterocycles. The molecule has 1 aromatic carbocycles. The number of hydrogen-bond donors (Lipinski definition) is 0. The van der Waals surface area contributed by atoms with Gasteiger partial charge in [-0.15, -0.1) is 0 Å². The van der Waals surface area contributed by atoms with Gasteiger partial charge in [0.1, 0.15) is 5.82 Å². The molecule has 15 heavy (non-hydrogen) atoms. The van der Waals surface area contributed by atoms with E-state index in [9.17, 15) is 4.39 Å². The lowest BCUT2D eigenvalue weighted by Gasteiger charge is -2.00. The average molecular weight is 204 g/mol. The zero-order chi connectivity index (χ0) is 10.8. The third kappa shape index (κ3) is 1.91. The lowest BCUT2D eigenvalue weighted by molar-refractivity contribution is 0.628. The van der Waals surface area contributed by atoms with Crippen molar-refractivity contribution in [1.29, 1.82) is 0 Å². The summed E-state index contributed by atoms with van der Waals surface area (Å²) in [5, 5.41) is 4.35. The Kier molecular flexibility index (Phi) is 2.54. The molecule has 78 valence electrons. The predicted octanol–water partition coefficient (Wildman–Crippen LogP) is 2.79. The zero-order valence-electron chi connectivity index (χ0n) is 8.87. The van der Waals surface area contributed by atoms with E-state index in [-0.39, 0.29) is 5.82 Å². The maximum atomic E-state index is 12.8. The lowest BCUT2D eigenvalue weighted by Crippen LogP contribution is -1.94. The summed E-state index contributed by atoms with van der Waals surface area (Å²) in [6.45, 7) is 2.07. The quantitative estimate of drug-likeness (QED) is 0.735. The highest BCUT2D eigenvalue weighted by Crippen LogP contribution is 2.20. The Morgan fingerprint density at radius 2 is 1.93 bits per heavy atom. The molecule has 0 spiro atoms. The number of aromatic nitrogens is 2. The lowest BCUT2D eigenvalue weighted by atomic mass is 10.1. The zero-order valence-corrected chi connectivity index (χ0v) is 8.87. The first-order valence-electron chi connectivity index (χ1n) is 4.99. The number of nitrogens with zero attached hydrogens (tertiary/aromatic N) is 2. The molecule has 2 rings (SSSR count). The summed E-state index contributed by atoms with van der Waals surface area (Å²) < 4.78 is 14.6. The third-order valence-electron chi connectivity index (χ3n) is 2.43. The molecular weight excluding hydrogens is 191 g/mol. The Morgan fingerprint density at radius 3 is 2.47 bits per heavy atom. The second kappa shape index (κ2) is 3.85. The highest BCUT2D eigenvalue weighted by Gasteiger charge is 2.05. The fourth-order valence-corrected chi connectivity index (χ4v) is 1.59. The molecule has 0 radical (unpaired) electrons. The molecule has 0 aliphatic rings. The van der Waals surface area contributed by atoms with Crippen molar-refractivity contribution in [3.05, 3.63) is 41.8 Å². The number of rotatable bonds is 2. The van der Waals surface area contributed by atoms with E-state index in [0.717, 1.165) is 23.4 Å². The second-order valence-electron chi connectivity index (χ2n) is 3.50. The van der Waals surface area contributed by atoms with Gasteiger partial charge in [0, 0.05) is 7.05 Å². The summed E-state index contributed by atoms with van der Waals surface area (Å²) in [6.07, 6.45) is 0.912. The van der Waals surface area contributed by atoms with Crippen LogP contribution >= 0.6 is 0 Å². The normalized spacial score (nSPS) is 10.6. The summed E-state index contributed by atoms with van der Waals surface area (Å²) in [5.74, 6) is -0.211. The molecule has 0 aliphatic heterocycles. The molecule has 2 aromatic rings. The van der Waals surface area contributed by atoms with Crippen molar-refractivity contribution in [2.75, 3.05) is 0 Å². The van der Waals surface area contributed by atoms with Crippen molar-refractivity contribution in [2.24, 2.45) is 7.05 Å². The molecule has 2 nitrogen and oxygen atoms in total.